The van der Waals surface area contributed by atoms with Crippen molar-refractivity contribution in [3.63, 3.8) is 0 Å². The molecule has 1 unspecified atom stereocenters. The minimum absolute atomic E-state index is 0.0162. The third-order valence-electron chi connectivity index (χ3n) is 2.22. The summed E-state index contributed by atoms with van der Waals surface area (Å²) in [5.74, 6) is 0. The molecule has 1 aliphatic heterocycles. The van der Waals surface area contributed by atoms with Gasteiger partial charge in [0, 0.05) is 6.04 Å². The second kappa shape index (κ2) is 6.30. The van der Waals surface area contributed by atoms with Gasteiger partial charge in [-0.1, -0.05) is 6.42 Å². The van der Waals surface area contributed by atoms with Crippen LogP contribution in [0.15, 0.2) is 0 Å². The van der Waals surface area contributed by atoms with E-state index in [1.165, 1.54) is 0 Å². The van der Waals surface area contributed by atoms with Gasteiger partial charge in [0.2, 0.25) is 0 Å². The van der Waals surface area contributed by atoms with Crippen LogP contribution in [0.4, 0.5) is 13.2 Å². The average molecular weight is 227 g/mol. The Morgan fingerprint density at radius 2 is 2.00 bits per heavy atom. The predicted octanol–water partition coefficient (Wildman–Crippen LogP) is 1.68. The molecule has 1 fully saturated rings. The molecule has 15 heavy (non-hydrogen) atoms. The van der Waals surface area contributed by atoms with E-state index in [0.29, 0.717) is 6.61 Å². The first-order chi connectivity index (χ1) is 7.08. The Labute approximate surface area is 86.9 Å². The lowest BCUT2D eigenvalue weighted by Crippen LogP contribution is -2.37. The molecule has 0 aliphatic carbocycles. The van der Waals surface area contributed by atoms with Crippen LogP contribution < -0.4 is 5.32 Å². The fraction of sp³-hybridized carbons (Fsp3) is 1.00. The molecule has 1 atom stereocenters. The number of hydrogen-bond acceptors (Lipinski definition) is 3. The maximum Gasteiger partial charge on any atom is 0.522 e. The van der Waals surface area contributed by atoms with E-state index in [-0.39, 0.29) is 12.6 Å². The van der Waals surface area contributed by atoms with Gasteiger partial charge in [0.25, 0.3) is 0 Å². The molecular formula is C9H16F3NO2. The van der Waals surface area contributed by atoms with Gasteiger partial charge in [-0.25, -0.2) is 0 Å². The average Bonchev–Trinajstić information content (AvgIpc) is 2.17. The lowest BCUT2D eigenvalue weighted by atomic mass is 10.1. The second-order valence-electron chi connectivity index (χ2n) is 3.52. The van der Waals surface area contributed by atoms with Crippen LogP contribution in [0.3, 0.4) is 0 Å². The molecule has 1 heterocycles. The zero-order valence-corrected chi connectivity index (χ0v) is 8.48. The van der Waals surface area contributed by atoms with Crippen molar-refractivity contribution in [2.45, 2.75) is 31.7 Å². The van der Waals surface area contributed by atoms with Crippen LogP contribution in [0, 0.1) is 0 Å². The van der Waals surface area contributed by atoms with Crippen molar-refractivity contribution in [1.29, 1.82) is 0 Å². The van der Waals surface area contributed by atoms with Gasteiger partial charge < -0.3 is 10.1 Å². The summed E-state index contributed by atoms with van der Waals surface area (Å²) >= 11 is 0. The first-order valence-electron chi connectivity index (χ1n) is 5.10. The van der Waals surface area contributed by atoms with Crippen LogP contribution in [-0.4, -0.2) is 38.8 Å². The molecule has 0 radical (unpaired) electrons. The first kappa shape index (κ1) is 12.7. The summed E-state index contributed by atoms with van der Waals surface area (Å²) in [6, 6.07) is 0.282. The lowest BCUT2D eigenvalue weighted by Gasteiger charge is -2.23. The Balaban J connectivity index is 1.92. The number of piperidine rings is 1. The minimum Gasteiger partial charge on any atom is -0.377 e. The van der Waals surface area contributed by atoms with Crippen molar-refractivity contribution in [1.82, 2.24) is 5.32 Å². The zero-order chi connectivity index (χ0) is 11.1. The smallest absolute Gasteiger partial charge is 0.377 e. The van der Waals surface area contributed by atoms with E-state index in [4.69, 9.17) is 4.74 Å². The molecule has 3 nitrogen and oxygen atoms in total. The summed E-state index contributed by atoms with van der Waals surface area (Å²) in [5.41, 5.74) is 0. The largest absolute Gasteiger partial charge is 0.522 e. The van der Waals surface area contributed by atoms with Gasteiger partial charge in [-0.3, -0.25) is 4.74 Å². The number of ether oxygens (including phenoxy) is 2. The molecule has 1 N–H and O–H groups in total. The number of rotatable bonds is 5. The Bertz CT molecular complexity index is 169. The predicted molar refractivity (Wildman–Crippen MR) is 48.5 cm³/mol. The van der Waals surface area contributed by atoms with Gasteiger partial charge in [-0.15, -0.1) is 13.2 Å². The highest BCUT2D eigenvalue weighted by atomic mass is 19.4. The van der Waals surface area contributed by atoms with Crippen molar-refractivity contribution >= 4 is 0 Å². The van der Waals surface area contributed by atoms with E-state index < -0.39 is 13.0 Å². The first-order valence-corrected chi connectivity index (χ1v) is 5.10. The van der Waals surface area contributed by atoms with Crippen molar-refractivity contribution in [2.24, 2.45) is 0 Å². The van der Waals surface area contributed by atoms with Crippen LogP contribution in [0.5, 0.6) is 0 Å². The molecule has 6 heteroatoms. The Morgan fingerprint density at radius 1 is 1.20 bits per heavy atom. The standard InChI is InChI=1S/C9H16F3NO2/c10-9(11,12)15-6-5-14-7-8-3-1-2-4-13-8/h8,13H,1-7H2. The van der Waals surface area contributed by atoms with Crippen molar-refractivity contribution in [3.8, 4) is 0 Å². The maximum atomic E-state index is 11.5. The molecule has 1 aliphatic rings. The molecule has 0 aromatic heterocycles. The van der Waals surface area contributed by atoms with Crippen LogP contribution in [0.25, 0.3) is 0 Å². The van der Waals surface area contributed by atoms with Crippen LogP contribution in [0.1, 0.15) is 19.3 Å². The molecule has 0 bridgehead atoms. The lowest BCUT2D eigenvalue weighted by molar-refractivity contribution is -0.327. The number of nitrogens with one attached hydrogen (secondary N) is 1. The molecule has 0 saturated carbocycles. The highest BCUT2D eigenvalue weighted by molar-refractivity contribution is 4.71. The summed E-state index contributed by atoms with van der Waals surface area (Å²) in [4.78, 5) is 0. The summed E-state index contributed by atoms with van der Waals surface area (Å²) < 4.78 is 43.3. The van der Waals surface area contributed by atoms with E-state index in [1.807, 2.05) is 0 Å². The molecule has 0 aromatic carbocycles. The summed E-state index contributed by atoms with van der Waals surface area (Å²) in [6.45, 7) is 0.974. The van der Waals surface area contributed by atoms with Gasteiger partial charge in [0.05, 0.1) is 19.8 Å². The molecule has 0 spiro atoms. The highest BCUT2D eigenvalue weighted by Crippen LogP contribution is 2.15. The van der Waals surface area contributed by atoms with Crippen LogP contribution >= 0.6 is 0 Å². The fourth-order valence-corrected chi connectivity index (χ4v) is 1.51. The van der Waals surface area contributed by atoms with E-state index in [2.05, 4.69) is 10.1 Å². The van der Waals surface area contributed by atoms with Crippen molar-refractivity contribution in [3.05, 3.63) is 0 Å². The number of alkyl halides is 3. The van der Waals surface area contributed by atoms with Crippen LogP contribution in [-0.2, 0) is 9.47 Å². The molecule has 1 saturated heterocycles. The quantitative estimate of drug-likeness (QED) is 0.725. The van der Waals surface area contributed by atoms with E-state index in [0.717, 1.165) is 25.8 Å². The van der Waals surface area contributed by atoms with Gasteiger partial charge >= 0.3 is 6.36 Å². The molecule has 90 valence electrons. The Kier molecular flexibility index (Phi) is 5.35. The van der Waals surface area contributed by atoms with Crippen LogP contribution in [0.2, 0.25) is 0 Å². The second-order valence-corrected chi connectivity index (χ2v) is 3.52. The zero-order valence-electron chi connectivity index (χ0n) is 8.48. The van der Waals surface area contributed by atoms with E-state index in [9.17, 15) is 13.2 Å². The van der Waals surface area contributed by atoms with Gasteiger partial charge in [0.15, 0.2) is 0 Å². The van der Waals surface area contributed by atoms with Gasteiger partial charge in [-0.05, 0) is 19.4 Å². The molecule has 1 rings (SSSR count). The molecule has 0 amide bonds. The maximum absolute atomic E-state index is 11.5. The highest BCUT2D eigenvalue weighted by Gasteiger charge is 2.28. The van der Waals surface area contributed by atoms with Gasteiger partial charge in [0.1, 0.15) is 0 Å². The number of halogens is 3. The molecular weight excluding hydrogens is 211 g/mol. The summed E-state index contributed by atoms with van der Waals surface area (Å²) in [7, 11) is 0. The minimum atomic E-state index is -4.55. The fourth-order valence-electron chi connectivity index (χ4n) is 1.51. The van der Waals surface area contributed by atoms with Crippen molar-refractivity contribution < 1.29 is 22.6 Å². The van der Waals surface area contributed by atoms with E-state index in [1.54, 1.807) is 0 Å². The third kappa shape index (κ3) is 6.70. The number of hydrogen-bond donors (Lipinski definition) is 1. The monoisotopic (exact) mass is 227 g/mol. The van der Waals surface area contributed by atoms with Crippen molar-refractivity contribution in [2.75, 3.05) is 26.4 Å². The summed E-state index contributed by atoms with van der Waals surface area (Å²) in [5, 5.41) is 3.24. The SMILES string of the molecule is FC(F)(F)OCCOCC1CCCCN1. The Morgan fingerprint density at radius 3 is 2.60 bits per heavy atom. The topological polar surface area (TPSA) is 30.5 Å². The normalized spacial score (nSPS) is 23.0. The summed E-state index contributed by atoms with van der Waals surface area (Å²) in [6.07, 6.45) is -1.21. The molecule has 0 aromatic rings. The van der Waals surface area contributed by atoms with E-state index >= 15 is 0 Å². The Hall–Kier alpha value is -0.330. The van der Waals surface area contributed by atoms with Gasteiger partial charge in [-0.2, -0.15) is 0 Å². The third-order valence-corrected chi connectivity index (χ3v) is 2.22.